The highest BCUT2D eigenvalue weighted by atomic mass is 35.5. The number of para-hydroxylation sites is 1. The Morgan fingerprint density at radius 1 is 0.929 bits per heavy atom. The van der Waals surface area contributed by atoms with Crippen LogP contribution in [-0.4, -0.2) is 18.1 Å². The fraction of sp³-hybridized carbons (Fsp3) is 0. The van der Waals surface area contributed by atoms with E-state index in [1.807, 2.05) is 0 Å². The molecule has 0 atom stereocenters. The number of esters is 1. The normalized spacial score (nSPS) is 10.6. The summed E-state index contributed by atoms with van der Waals surface area (Å²) in [7, 11) is 0. The summed E-state index contributed by atoms with van der Waals surface area (Å²) >= 11 is 5.81. The van der Waals surface area contributed by atoms with E-state index in [0.29, 0.717) is 16.1 Å². The lowest BCUT2D eigenvalue weighted by Gasteiger charge is -2.07. The van der Waals surface area contributed by atoms with Crippen molar-refractivity contribution in [1.29, 1.82) is 0 Å². The average molecular weight is 397 g/mol. The molecule has 0 aliphatic rings. The van der Waals surface area contributed by atoms with Crippen LogP contribution in [0.2, 0.25) is 5.02 Å². The van der Waals surface area contributed by atoms with E-state index in [0.717, 1.165) is 0 Å². The van der Waals surface area contributed by atoms with E-state index in [1.165, 1.54) is 30.5 Å². The van der Waals surface area contributed by atoms with Gasteiger partial charge in [-0.2, -0.15) is 5.10 Å². The van der Waals surface area contributed by atoms with Crippen molar-refractivity contribution in [3.8, 4) is 5.75 Å². The van der Waals surface area contributed by atoms with Gasteiger partial charge in [0.2, 0.25) is 0 Å². The third kappa shape index (κ3) is 5.02. The molecule has 28 heavy (non-hydrogen) atoms. The molecule has 0 aliphatic heterocycles. The van der Waals surface area contributed by atoms with E-state index >= 15 is 0 Å². The summed E-state index contributed by atoms with van der Waals surface area (Å²) in [5.41, 5.74) is 3.44. The highest BCUT2D eigenvalue weighted by Crippen LogP contribution is 2.18. The van der Waals surface area contributed by atoms with E-state index < -0.39 is 17.7 Å². The fourth-order valence-corrected chi connectivity index (χ4v) is 2.38. The molecule has 0 unspecified atom stereocenters. The van der Waals surface area contributed by atoms with Crippen molar-refractivity contribution in [3.05, 3.63) is 100 Å². The Morgan fingerprint density at radius 2 is 1.57 bits per heavy atom. The summed E-state index contributed by atoms with van der Waals surface area (Å²) in [4.78, 5) is 24.2. The van der Waals surface area contributed by atoms with Gasteiger partial charge in [0.15, 0.2) is 0 Å². The van der Waals surface area contributed by atoms with Crippen LogP contribution < -0.4 is 10.2 Å². The van der Waals surface area contributed by atoms with Crippen LogP contribution in [0, 0.1) is 5.82 Å². The smallest absolute Gasteiger partial charge is 0.343 e. The van der Waals surface area contributed by atoms with Gasteiger partial charge in [0.25, 0.3) is 5.91 Å². The molecular formula is C21H14ClFN2O3. The molecule has 3 aromatic carbocycles. The number of carbonyl (C=O) groups excluding carboxylic acids is 2. The molecule has 0 bridgehead atoms. The molecule has 1 N–H and O–H groups in total. The molecule has 7 heteroatoms. The number of benzene rings is 3. The molecule has 140 valence electrons. The first-order valence-electron chi connectivity index (χ1n) is 8.19. The number of nitrogens with zero attached hydrogens (tertiary/aromatic N) is 1. The van der Waals surface area contributed by atoms with E-state index in [2.05, 4.69) is 10.5 Å². The lowest BCUT2D eigenvalue weighted by molar-refractivity contribution is 0.0734. The van der Waals surface area contributed by atoms with Gasteiger partial charge < -0.3 is 4.74 Å². The van der Waals surface area contributed by atoms with Gasteiger partial charge in [-0.25, -0.2) is 14.6 Å². The van der Waals surface area contributed by atoms with Crippen LogP contribution in [0.4, 0.5) is 4.39 Å². The van der Waals surface area contributed by atoms with Crippen LogP contribution in [0.5, 0.6) is 5.75 Å². The predicted molar refractivity (Wildman–Crippen MR) is 104 cm³/mol. The van der Waals surface area contributed by atoms with Gasteiger partial charge in [-0.15, -0.1) is 0 Å². The second-order valence-electron chi connectivity index (χ2n) is 5.64. The van der Waals surface area contributed by atoms with E-state index in [1.54, 1.807) is 48.5 Å². The molecular weight excluding hydrogens is 383 g/mol. The van der Waals surface area contributed by atoms with Crippen molar-refractivity contribution >= 4 is 29.7 Å². The van der Waals surface area contributed by atoms with Gasteiger partial charge in [0, 0.05) is 16.1 Å². The van der Waals surface area contributed by atoms with Crippen molar-refractivity contribution in [2.75, 3.05) is 0 Å². The highest BCUT2D eigenvalue weighted by Gasteiger charge is 2.11. The largest absolute Gasteiger partial charge is 0.422 e. The molecule has 3 rings (SSSR count). The number of carbonyl (C=O) groups is 2. The first kappa shape index (κ1) is 19.3. The lowest BCUT2D eigenvalue weighted by Crippen LogP contribution is -2.17. The van der Waals surface area contributed by atoms with Crippen LogP contribution in [0.15, 0.2) is 77.9 Å². The van der Waals surface area contributed by atoms with Crippen molar-refractivity contribution < 1.29 is 18.7 Å². The minimum Gasteiger partial charge on any atom is -0.422 e. The summed E-state index contributed by atoms with van der Waals surface area (Å²) in [6.45, 7) is 0. The molecule has 1 amide bonds. The quantitative estimate of drug-likeness (QED) is 0.299. The summed E-state index contributed by atoms with van der Waals surface area (Å²) < 4.78 is 18.3. The molecule has 0 fully saturated rings. The van der Waals surface area contributed by atoms with Crippen LogP contribution in [0.1, 0.15) is 26.3 Å². The number of hydrazone groups is 1. The Bertz CT molecular complexity index is 1020. The maximum absolute atomic E-state index is 12.9. The van der Waals surface area contributed by atoms with E-state index in [9.17, 15) is 14.0 Å². The summed E-state index contributed by atoms with van der Waals surface area (Å²) in [5, 5.41) is 4.38. The van der Waals surface area contributed by atoms with Crippen molar-refractivity contribution in [3.63, 3.8) is 0 Å². The Labute approximate surface area is 165 Å². The van der Waals surface area contributed by atoms with Gasteiger partial charge >= 0.3 is 5.97 Å². The van der Waals surface area contributed by atoms with Crippen LogP contribution in [0.3, 0.4) is 0 Å². The average Bonchev–Trinajstić information content (AvgIpc) is 2.70. The number of rotatable bonds is 5. The number of halogens is 2. The molecule has 0 saturated carbocycles. The zero-order valence-electron chi connectivity index (χ0n) is 14.4. The molecule has 0 aromatic heterocycles. The molecule has 0 heterocycles. The summed E-state index contributed by atoms with van der Waals surface area (Å²) in [5.74, 6) is -1.20. The topological polar surface area (TPSA) is 67.8 Å². The first-order chi connectivity index (χ1) is 13.5. The fourth-order valence-electron chi connectivity index (χ4n) is 2.25. The van der Waals surface area contributed by atoms with Gasteiger partial charge in [-0.05, 0) is 60.7 Å². The Kier molecular flexibility index (Phi) is 6.14. The maximum Gasteiger partial charge on any atom is 0.343 e. The maximum atomic E-state index is 12.9. The van der Waals surface area contributed by atoms with Gasteiger partial charge in [-0.1, -0.05) is 23.7 Å². The number of nitrogens with one attached hydrogen (secondary N) is 1. The van der Waals surface area contributed by atoms with Crippen LogP contribution in [0.25, 0.3) is 0 Å². The first-order valence-corrected chi connectivity index (χ1v) is 8.56. The Hall–Kier alpha value is -3.51. The minimum atomic E-state index is -0.548. The van der Waals surface area contributed by atoms with Crippen LogP contribution >= 0.6 is 11.6 Å². The standard InChI is InChI=1S/C21H14ClFN2O3/c22-17-9-5-15(6-10-17)21(27)28-19-4-2-1-3-16(19)13-24-25-20(26)14-7-11-18(23)12-8-14/h1-13H,(H,25,26)/b24-13+. The van der Waals surface area contributed by atoms with Crippen molar-refractivity contribution in [2.24, 2.45) is 5.10 Å². The van der Waals surface area contributed by atoms with Gasteiger partial charge in [0.1, 0.15) is 11.6 Å². The number of hydrogen-bond donors (Lipinski definition) is 1. The second-order valence-corrected chi connectivity index (χ2v) is 6.08. The van der Waals surface area contributed by atoms with Crippen LogP contribution in [-0.2, 0) is 0 Å². The number of ether oxygens (including phenoxy) is 1. The van der Waals surface area contributed by atoms with Gasteiger partial charge in [-0.3, -0.25) is 4.79 Å². The molecule has 0 saturated heterocycles. The van der Waals surface area contributed by atoms with Crippen molar-refractivity contribution in [2.45, 2.75) is 0 Å². The SMILES string of the molecule is O=C(N/N=C/c1ccccc1OC(=O)c1ccc(Cl)cc1)c1ccc(F)cc1. The molecule has 0 aliphatic carbocycles. The zero-order chi connectivity index (χ0) is 19.9. The third-order valence-corrected chi connectivity index (χ3v) is 3.93. The predicted octanol–water partition coefficient (Wildman–Crippen LogP) is 4.46. The minimum absolute atomic E-state index is 0.265. The van der Waals surface area contributed by atoms with E-state index in [-0.39, 0.29) is 11.3 Å². The summed E-state index contributed by atoms with van der Waals surface area (Å²) in [6, 6.07) is 18.1. The third-order valence-electron chi connectivity index (χ3n) is 3.68. The number of amides is 1. The highest BCUT2D eigenvalue weighted by molar-refractivity contribution is 6.30. The Morgan fingerprint density at radius 3 is 2.29 bits per heavy atom. The summed E-state index contributed by atoms with van der Waals surface area (Å²) in [6.07, 6.45) is 1.35. The monoisotopic (exact) mass is 396 g/mol. The molecule has 0 spiro atoms. The van der Waals surface area contributed by atoms with Crippen molar-refractivity contribution in [1.82, 2.24) is 5.43 Å². The molecule has 5 nitrogen and oxygen atoms in total. The van der Waals surface area contributed by atoms with E-state index in [4.69, 9.17) is 16.3 Å². The lowest BCUT2D eigenvalue weighted by atomic mass is 10.2. The molecule has 3 aromatic rings. The second kappa shape index (κ2) is 8.92. The molecule has 0 radical (unpaired) electrons. The van der Waals surface area contributed by atoms with Gasteiger partial charge in [0.05, 0.1) is 11.8 Å². The number of hydrogen-bond acceptors (Lipinski definition) is 4. The Balaban J connectivity index is 1.68. The zero-order valence-corrected chi connectivity index (χ0v) is 15.2.